The highest BCUT2D eigenvalue weighted by Crippen LogP contribution is 2.40. The third-order valence-electron chi connectivity index (χ3n) is 9.26. The summed E-state index contributed by atoms with van der Waals surface area (Å²) in [6.07, 6.45) is 0. The Morgan fingerprint density at radius 3 is 1.73 bits per heavy atom. The highest BCUT2D eigenvalue weighted by molar-refractivity contribution is 6.09. The summed E-state index contributed by atoms with van der Waals surface area (Å²) in [4.78, 5) is 2.34. The summed E-state index contributed by atoms with van der Waals surface area (Å²) in [6.45, 7) is 0. The molecule has 0 radical (unpaired) electrons. The third kappa shape index (κ3) is 5.01. The van der Waals surface area contributed by atoms with E-state index in [9.17, 15) is 0 Å². The number of hydrogen-bond donors (Lipinski definition) is 0. The summed E-state index contributed by atoms with van der Waals surface area (Å²) < 4.78 is 6.37. The fraction of sp³-hybridized carbons (Fsp3) is 0. The molecule has 9 aromatic rings. The average Bonchev–Trinajstić information content (AvgIpc) is 3.55. The molecule has 0 fully saturated rings. The quantitative estimate of drug-likeness (QED) is 0.185. The summed E-state index contributed by atoms with van der Waals surface area (Å²) in [7, 11) is 0. The normalized spacial score (nSPS) is 11.3. The first-order valence-electron chi connectivity index (χ1n) is 16.3. The maximum atomic E-state index is 6.37. The van der Waals surface area contributed by atoms with Crippen LogP contribution in [-0.4, -0.2) is 0 Å². The summed E-state index contributed by atoms with van der Waals surface area (Å²) in [6, 6.07) is 66.9. The van der Waals surface area contributed by atoms with Crippen LogP contribution in [0.25, 0.3) is 66.1 Å². The molecule has 8 aromatic carbocycles. The number of rotatable bonds is 6. The van der Waals surface area contributed by atoms with Gasteiger partial charge in [0.05, 0.1) is 0 Å². The minimum absolute atomic E-state index is 0.910. The minimum atomic E-state index is 0.910. The van der Waals surface area contributed by atoms with Gasteiger partial charge in [-0.3, -0.25) is 0 Å². The number of hydrogen-bond acceptors (Lipinski definition) is 2. The number of anilines is 3. The zero-order valence-corrected chi connectivity index (χ0v) is 26.3. The predicted molar refractivity (Wildman–Crippen MR) is 202 cm³/mol. The van der Waals surface area contributed by atoms with E-state index in [1.807, 2.05) is 12.1 Å². The van der Waals surface area contributed by atoms with Gasteiger partial charge in [-0.1, -0.05) is 140 Å². The van der Waals surface area contributed by atoms with E-state index in [1.54, 1.807) is 0 Å². The van der Waals surface area contributed by atoms with Gasteiger partial charge in [0.15, 0.2) is 0 Å². The molecule has 0 spiro atoms. The number of benzene rings is 8. The topological polar surface area (TPSA) is 16.4 Å². The van der Waals surface area contributed by atoms with E-state index < -0.39 is 0 Å². The molecule has 226 valence electrons. The molecular formula is C46H31NO. The molecular weight excluding hydrogens is 583 g/mol. The van der Waals surface area contributed by atoms with Crippen molar-refractivity contribution < 1.29 is 4.42 Å². The second-order valence-corrected chi connectivity index (χ2v) is 12.2. The molecule has 1 aromatic heterocycles. The predicted octanol–water partition coefficient (Wildman–Crippen LogP) is 13.2. The Hall–Kier alpha value is -6.38. The highest BCUT2D eigenvalue weighted by Gasteiger charge is 2.16. The summed E-state index contributed by atoms with van der Waals surface area (Å²) in [5, 5.41) is 4.76. The van der Waals surface area contributed by atoms with Crippen molar-refractivity contribution in [3.8, 4) is 33.4 Å². The Bertz CT molecular complexity index is 2540. The van der Waals surface area contributed by atoms with E-state index in [-0.39, 0.29) is 0 Å². The number of nitrogens with zero attached hydrogens (tertiary/aromatic N) is 1. The molecule has 9 rings (SSSR count). The largest absolute Gasteiger partial charge is 0.455 e. The van der Waals surface area contributed by atoms with Gasteiger partial charge >= 0.3 is 0 Å². The molecule has 0 N–H and O–H groups in total. The van der Waals surface area contributed by atoms with Gasteiger partial charge < -0.3 is 9.32 Å². The van der Waals surface area contributed by atoms with Gasteiger partial charge in [0.1, 0.15) is 11.2 Å². The molecule has 2 heteroatoms. The summed E-state index contributed by atoms with van der Waals surface area (Å²) >= 11 is 0. The first-order valence-corrected chi connectivity index (χ1v) is 16.3. The van der Waals surface area contributed by atoms with Crippen molar-refractivity contribution in [3.63, 3.8) is 0 Å². The molecule has 0 aliphatic carbocycles. The minimum Gasteiger partial charge on any atom is -0.455 e. The van der Waals surface area contributed by atoms with E-state index in [2.05, 4.69) is 181 Å². The Balaban J connectivity index is 1.14. The number of para-hydroxylation sites is 2. The number of fused-ring (bicyclic) bond motifs is 4. The van der Waals surface area contributed by atoms with Crippen LogP contribution >= 0.6 is 0 Å². The molecule has 2 nitrogen and oxygen atoms in total. The van der Waals surface area contributed by atoms with Gasteiger partial charge in [0.25, 0.3) is 0 Å². The third-order valence-corrected chi connectivity index (χ3v) is 9.26. The molecule has 0 saturated carbocycles. The van der Waals surface area contributed by atoms with E-state index in [4.69, 9.17) is 4.42 Å². The molecule has 0 aliphatic heterocycles. The molecule has 0 saturated heterocycles. The van der Waals surface area contributed by atoms with Crippen molar-refractivity contribution in [2.45, 2.75) is 0 Å². The van der Waals surface area contributed by atoms with Gasteiger partial charge in [-0.15, -0.1) is 0 Å². The monoisotopic (exact) mass is 613 g/mol. The fourth-order valence-electron chi connectivity index (χ4n) is 6.84. The van der Waals surface area contributed by atoms with Gasteiger partial charge in [0, 0.05) is 33.4 Å². The van der Waals surface area contributed by atoms with E-state index in [0.29, 0.717) is 0 Å². The van der Waals surface area contributed by atoms with Gasteiger partial charge in [-0.2, -0.15) is 0 Å². The van der Waals surface area contributed by atoms with Crippen LogP contribution < -0.4 is 4.90 Å². The maximum Gasteiger partial charge on any atom is 0.143 e. The lowest BCUT2D eigenvalue weighted by Gasteiger charge is -2.26. The van der Waals surface area contributed by atoms with E-state index >= 15 is 0 Å². The Morgan fingerprint density at radius 2 is 0.917 bits per heavy atom. The highest BCUT2D eigenvalue weighted by atomic mass is 16.3. The van der Waals surface area contributed by atoms with Crippen LogP contribution in [0.1, 0.15) is 0 Å². The van der Waals surface area contributed by atoms with E-state index in [1.165, 1.54) is 33.0 Å². The Labute approximate surface area is 279 Å². The molecule has 0 amide bonds. The van der Waals surface area contributed by atoms with Crippen LogP contribution in [0.5, 0.6) is 0 Å². The Morgan fingerprint density at radius 1 is 0.333 bits per heavy atom. The van der Waals surface area contributed by atoms with Gasteiger partial charge in [0.2, 0.25) is 0 Å². The number of furan rings is 1. The lowest BCUT2D eigenvalue weighted by molar-refractivity contribution is 0.670. The average molecular weight is 614 g/mol. The molecule has 0 aliphatic rings. The van der Waals surface area contributed by atoms with Crippen LogP contribution in [0.2, 0.25) is 0 Å². The van der Waals surface area contributed by atoms with Crippen molar-refractivity contribution >= 4 is 49.8 Å². The molecule has 0 unspecified atom stereocenters. The van der Waals surface area contributed by atoms with Crippen molar-refractivity contribution in [3.05, 3.63) is 188 Å². The van der Waals surface area contributed by atoms with Crippen molar-refractivity contribution in [1.29, 1.82) is 0 Å². The van der Waals surface area contributed by atoms with Crippen molar-refractivity contribution in [2.75, 3.05) is 4.90 Å². The molecule has 0 atom stereocenters. The Kier molecular flexibility index (Phi) is 6.84. The van der Waals surface area contributed by atoms with E-state index in [0.717, 1.165) is 50.1 Å². The second-order valence-electron chi connectivity index (χ2n) is 12.2. The van der Waals surface area contributed by atoms with Crippen LogP contribution in [0.4, 0.5) is 17.1 Å². The fourth-order valence-corrected chi connectivity index (χ4v) is 6.84. The van der Waals surface area contributed by atoms with Crippen LogP contribution in [-0.2, 0) is 0 Å². The molecule has 0 bridgehead atoms. The SMILES string of the molecule is c1ccc(-c2ccc(N(c3ccc(-c4cccc5c4oc4ccccc45)cc3)c3cccc(-c4ccc5ccccc5c4)c3)cc2)cc1. The van der Waals surface area contributed by atoms with Crippen LogP contribution in [0.15, 0.2) is 192 Å². The first-order chi connectivity index (χ1) is 23.8. The zero-order valence-electron chi connectivity index (χ0n) is 26.3. The molecule has 48 heavy (non-hydrogen) atoms. The maximum absolute atomic E-state index is 6.37. The molecule has 1 heterocycles. The van der Waals surface area contributed by atoms with Gasteiger partial charge in [-0.05, 0) is 87.1 Å². The lowest BCUT2D eigenvalue weighted by atomic mass is 10.00. The summed E-state index contributed by atoms with van der Waals surface area (Å²) in [5.74, 6) is 0. The van der Waals surface area contributed by atoms with Crippen LogP contribution in [0.3, 0.4) is 0 Å². The summed E-state index contributed by atoms with van der Waals surface area (Å²) in [5.41, 5.74) is 12.1. The zero-order chi connectivity index (χ0) is 31.9. The van der Waals surface area contributed by atoms with Crippen molar-refractivity contribution in [1.82, 2.24) is 0 Å². The first kappa shape index (κ1) is 27.9. The van der Waals surface area contributed by atoms with Gasteiger partial charge in [-0.25, -0.2) is 0 Å². The lowest BCUT2D eigenvalue weighted by Crippen LogP contribution is -2.10. The standard InChI is InChI=1S/C46H31NO/c1-2-10-32(11-3-1)34-22-26-39(27-23-34)47(41-15-8-14-37(31-41)38-21-20-33-12-4-5-13-36(33)30-38)40-28-24-35(25-29-40)42-17-9-18-44-43-16-6-7-19-45(43)48-46(42)44/h1-31H. The second kappa shape index (κ2) is 11.8. The van der Waals surface area contributed by atoms with Crippen LogP contribution in [0, 0.1) is 0 Å². The van der Waals surface area contributed by atoms with Crippen molar-refractivity contribution in [2.24, 2.45) is 0 Å². The smallest absolute Gasteiger partial charge is 0.143 e.